The number of rotatable bonds is 2. The first-order valence-electron chi connectivity index (χ1n) is 13.8. The van der Waals surface area contributed by atoms with Crippen LogP contribution in [0.4, 0.5) is 35.1 Å². The van der Waals surface area contributed by atoms with Gasteiger partial charge < -0.3 is 0 Å². The zero-order valence-corrected chi connectivity index (χ0v) is 23.8. The number of halogens is 8. The van der Waals surface area contributed by atoms with Crippen molar-refractivity contribution in [2.75, 3.05) is 0 Å². The summed E-state index contributed by atoms with van der Waals surface area (Å²) in [5, 5.41) is 22.0. The van der Waals surface area contributed by atoms with E-state index in [1.165, 1.54) is 36.4 Å². The van der Waals surface area contributed by atoms with E-state index in [1.807, 2.05) is 0 Å². The molecule has 0 aliphatic rings. The van der Waals surface area contributed by atoms with Crippen LogP contribution in [0.3, 0.4) is 0 Å². The molecule has 0 aliphatic heterocycles. The molecule has 6 aromatic carbocycles. The van der Waals surface area contributed by atoms with Gasteiger partial charge in [-0.15, -0.1) is 0 Å². The van der Waals surface area contributed by atoms with E-state index < -0.39 is 35.1 Å². The van der Waals surface area contributed by atoms with Crippen LogP contribution in [0.2, 0.25) is 0 Å². The second kappa shape index (κ2) is 10.7. The summed E-state index contributed by atoms with van der Waals surface area (Å²) in [6, 6.07) is 16.2. The van der Waals surface area contributed by atoms with Crippen LogP contribution in [-0.4, -0.2) is 4.98 Å². The molecule has 0 radical (unpaired) electrons. The largest absolute Gasteiger partial charge is 0.419 e. The number of aromatic nitrogens is 1. The smallest absolute Gasteiger partial charge is 0.245 e. The Balaban J connectivity index is 1.48. The van der Waals surface area contributed by atoms with E-state index in [0.29, 0.717) is 61.1 Å². The fourth-order valence-corrected chi connectivity index (χ4v) is 6.02. The van der Waals surface area contributed by atoms with E-state index in [2.05, 4.69) is 9.98 Å². The third-order valence-electron chi connectivity index (χ3n) is 8.13. The molecule has 0 saturated heterocycles. The van der Waals surface area contributed by atoms with Gasteiger partial charge in [-0.05, 0) is 70.1 Å². The summed E-state index contributed by atoms with van der Waals surface area (Å²) in [7, 11) is 0. The van der Waals surface area contributed by atoms with Gasteiger partial charge in [0.15, 0.2) is 0 Å². The highest BCUT2D eigenvalue weighted by Gasteiger charge is 2.35. The average molecular weight is 656 g/mol. The fraction of sp³-hybridized carbons (Fsp3) is 0.0571. The lowest BCUT2D eigenvalue weighted by molar-refractivity contribution is -0.140. The van der Waals surface area contributed by atoms with Gasteiger partial charge in [0.1, 0.15) is 17.0 Å². The minimum Gasteiger partial charge on any atom is -0.245 e. The summed E-state index contributed by atoms with van der Waals surface area (Å²) in [5.41, 5.74) is -1.52. The van der Waals surface area contributed by atoms with E-state index in [-0.39, 0.29) is 27.4 Å². The van der Waals surface area contributed by atoms with Gasteiger partial charge >= 0.3 is 12.4 Å². The molecule has 234 valence electrons. The number of benzene rings is 4. The monoisotopic (exact) mass is 655 g/mol. The molecule has 0 aliphatic carbocycles. The Kier molecular flexibility index (Phi) is 6.77. The molecule has 0 N–H and O–H groups in total. The molecule has 1 heterocycles. The van der Waals surface area contributed by atoms with Gasteiger partial charge in [-0.2, -0.15) is 46.9 Å². The number of hydrogen-bond donors (Lipinski definition) is 0. The molecule has 0 saturated carbocycles. The van der Waals surface area contributed by atoms with Gasteiger partial charge in [-0.3, -0.25) is 0 Å². The molecule has 0 unspecified atom stereocenters. The van der Waals surface area contributed by atoms with Crippen molar-refractivity contribution in [3.05, 3.63) is 112 Å². The molecular weight excluding hydrogens is 642 g/mol. The topological polar surface area (TPSA) is 85.2 Å². The number of nitrogens with zero attached hydrogens (tertiary/aromatic N) is 5. The van der Waals surface area contributed by atoms with Crippen LogP contribution in [0.1, 0.15) is 11.1 Å². The summed E-state index contributed by atoms with van der Waals surface area (Å²) >= 11 is 0. The fourth-order valence-electron chi connectivity index (χ4n) is 6.02. The number of alkyl halides is 6. The van der Waals surface area contributed by atoms with Gasteiger partial charge in [-0.25, -0.2) is 13.8 Å². The van der Waals surface area contributed by atoms with Crippen molar-refractivity contribution in [1.29, 1.82) is 10.5 Å². The van der Waals surface area contributed by atoms with E-state index in [0.717, 1.165) is 12.1 Å². The summed E-state index contributed by atoms with van der Waals surface area (Å²) in [6.07, 6.45) is -6.38. The Bertz CT molecular complexity index is 2510. The average Bonchev–Trinajstić information content (AvgIpc) is 3.50. The molecule has 13 heteroatoms. The summed E-state index contributed by atoms with van der Waals surface area (Å²) in [5.74, 6) is -2.84. The molecule has 7 aromatic rings. The first-order valence-corrected chi connectivity index (χ1v) is 13.8. The van der Waals surface area contributed by atoms with Crippen LogP contribution in [0, 0.1) is 34.5 Å². The minimum atomic E-state index is -4.92. The number of pyridine rings is 1. The maximum atomic E-state index is 14.0. The van der Waals surface area contributed by atoms with Crippen LogP contribution in [0.25, 0.3) is 65.6 Å². The summed E-state index contributed by atoms with van der Waals surface area (Å²) in [4.78, 5) is 12.7. The quantitative estimate of drug-likeness (QED) is 0.138. The van der Waals surface area contributed by atoms with Gasteiger partial charge in [0.2, 0.25) is 12.4 Å². The van der Waals surface area contributed by atoms with E-state index in [4.69, 9.17) is 4.98 Å². The normalized spacial score (nSPS) is 13.2. The van der Waals surface area contributed by atoms with Crippen LogP contribution >= 0.6 is 0 Å². The summed E-state index contributed by atoms with van der Waals surface area (Å²) < 4.78 is 108. The highest BCUT2D eigenvalue weighted by Crippen LogP contribution is 2.38. The van der Waals surface area contributed by atoms with Gasteiger partial charge in [0.25, 0.3) is 0 Å². The standard InChI is InChI=1S/C35H13F8N5/c36-28-7-3-18(11-26(28)34(38,39)40)16-1-5-20-22(9-16)32(47-15-45)33-24(20)13-25-30(46-14-44)23-10-17(2-6-21(23)31(25)48-33)19-4-8-29(37)27(12-19)35(41,42)43/h1-13H. The maximum absolute atomic E-state index is 14.0. The first-order chi connectivity index (χ1) is 22.8. The Morgan fingerprint density at radius 2 is 0.938 bits per heavy atom. The molecule has 0 atom stereocenters. The van der Waals surface area contributed by atoms with E-state index >= 15 is 0 Å². The highest BCUT2D eigenvalue weighted by atomic mass is 19.4. The van der Waals surface area contributed by atoms with Crippen molar-refractivity contribution >= 4 is 43.4 Å². The second-order valence-electron chi connectivity index (χ2n) is 10.8. The number of nitriles is 2. The zero-order valence-electron chi connectivity index (χ0n) is 23.8. The Hall–Kier alpha value is -6.21. The first kappa shape index (κ1) is 30.4. The maximum Gasteiger partial charge on any atom is 0.419 e. The Morgan fingerprint density at radius 1 is 0.479 bits per heavy atom. The molecular formula is C35H13F8N5. The minimum absolute atomic E-state index is 0.0749. The lowest BCUT2D eigenvalue weighted by atomic mass is 10.00. The molecule has 0 amide bonds. The molecule has 0 spiro atoms. The predicted molar refractivity (Wildman–Crippen MR) is 160 cm³/mol. The predicted octanol–water partition coefficient (Wildman–Crippen LogP) is 8.98. The van der Waals surface area contributed by atoms with E-state index in [9.17, 15) is 45.6 Å². The zero-order chi connectivity index (χ0) is 34.1. The van der Waals surface area contributed by atoms with Crippen LogP contribution < -0.4 is 10.7 Å². The molecule has 0 fully saturated rings. The van der Waals surface area contributed by atoms with Crippen molar-refractivity contribution in [3.8, 4) is 34.6 Å². The lowest BCUT2D eigenvalue weighted by Gasteiger charge is -2.10. The Labute approximate surface area is 263 Å². The molecule has 0 bridgehead atoms. The van der Waals surface area contributed by atoms with Crippen LogP contribution in [0.5, 0.6) is 0 Å². The van der Waals surface area contributed by atoms with Gasteiger partial charge in [0.05, 0.1) is 27.5 Å². The third-order valence-corrected chi connectivity index (χ3v) is 8.13. The van der Waals surface area contributed by atoms with Gasteiger partial charge in [0, 0.05) is 26.9 Å². The summed E-state index contributed by atoms with van der Waals surface area (Å²) in [6.45, 7) is 0. The highest BCUT2D eigenvalue weighted by molar-refractivity contribution is 6.18. The second-order valence-corrected chi connectivity index (χ2v) is 10.8. The van der Waals surface area contributed by atoms with Crippen LogP contribution in [-0.2, 0) is 12.4 Å². The Morgan fingerprint density at radius 3 is 1.46 bits per heavy atom. The number of hydrogen-bond acceptors (Lipinski definition) is 5. The molecule has 7 rings (SSSR count). The van der Waals surface area contributed by atoms with Crippen molar-refractivity contribution in [3.63, 3.8) is 0 Å². The van der Waals surface area contributed by atoms with Crippen LogP contribution in [0.15, 0.2) is 88.8 Å². The lowest BCUT2D eigenvalue weighted by Crippen LogP contribution is -2.08. The third kappa shape index (κ3) is 4.79. The van der Waals surface area contributed by atoms with Crippen molar-refractivity contribution in [2.24, 2.45) is 9.98 Å². The van der Waals surface area contributed by atoms with Gasteiger partial charge in [-0.1, -0.05) is 36.4 Å². The van der Waals surface area contributed by atoms with Crippen molar-refractivity contribution in [2.45, 2.75) is 12.4 Å². The van der Waals surface area contributed by atoms with E-state index in [1.54, 1.807) is 30.6 Å². The SMILES string of the molecule is N#CN=c1c2cc(-c3ccc(F)c(C(F)(F)F)c3)ccc2c2nc3c(=NC#N)c4cc(-c5ccc(F)c(C(F)(F)F)c5)ccc4c3cc12. The van der Waals surface area contributed by atoms with Crippen molar-refractivity contribution < 1.29 is 35.1 Å². The molecule has 48 heavy (non-hydrogen) atoms. The number of fused-ring (bicyclic) bond motifs is 6. The van der Waals surface area contributed by atoms with Crippen molar-refractivity contribution in [1.82, 2.24) is 4.98 Å². The molecule has 5 nitrogen and oxygen atoms in total. The molecule has 1 aromatic heterocycles.